The van der Waals surface area contributed by atoms with E-state index in [1.54, 1.807) is 17.0 Å². The molecule has 15 heteroatoms. The van der Waals surface area contributed by atoms with Crippen molar-refractivity contribution in [3.63, 3.8) is 0 Å². The number of sulfonamides is 1. The minimum Gasteiger partial charge on any atom is -0.467 e. The van der Waals surface area contributed by atoms with Crippen LogP contribution in [0.4, 0.5) is 23.9 Å². The number of nitrogens with zero attached hydrogens (tertiary/aromatic N) is 3. The second kappa shape index (κ2) is 9.55. The first kappa shape index (κ1) is 23.8. The molecule has 0 atom stereocenters. The van der Waals surface area contributed by atoms with Gasteiger partial charge in [0.2, 0.25) is 11.8 Å². The normalized spacial score (nSPS) is 11.5. The van der Waals surface area contributed by atoms with Gasteiger partial charge in [-0.3, -0.25) is 5.32 Å². The number of rotatable bonds is 7. The second-order valence-electron chi connectivity index (χ2n) is 5.66. The number of nitrogens with one attached hydrogen (secondary N) is 2. The lowest BCUT2D eigenvalue weighted by atomic mass is 10.2. The summed E-state index contributed by atoms with van der Waals surface area (Å²) in [5.74, 6) is -3.51. The Morgan fingerprint density at radius 3 is 2.42 bits per heavy atom. The number of esters is 1. The number of methoxy groups -OCH3 is 1. The lowest BCUT2D eigenvalue weighted by Crippen LogP contribution is -2.36. The average Bonchev–Trinajstić information content (AvgIpc) is 2.70. The number of hydrogen-bond acceptors (Lipinski definition) is 9. The van der Waals surface area contributed by atoms with Crippen LogP contribution < -0.4 is 14.8 Å². The van der Waals surface area contributed by atoms with Gasteiger partial charge in [0.25, 0.3) is 10.0 Å². The van der Waals surface area contributed by atoms with Crippen LogP contribution in [0.1, 0.15) is 29.5 Å². The van der Waals surface area contributed by atoms with Gasteiger partial charge in [0.05, 0.1) is 19.3 Å². The Balaban J connectivity index is 2.26. The number of anilines is 1. The number of ether oxygens (including phenoxy) is 2. The van der Waals surface area contributed by atoms with Crippen LogP contribution in [0.25, 0.3) is 0 Å². The summed E-state index contributed by atoms with van der Waals surface area (Å²) in [7, 11) is -3.64. The molecule has 0 saturated carbocycles. The predicted octanol–water partition coefficient (Wildman–Crippen LogP) is 1.98. The van der Waals surface area contributed by atoms with E-state index in [1.807, 2.05) is 0 Å². The van der Waals surface area contributed by atoms with Gasteiger partial charge in [-0.1, -0.05) is 19.1 Å². The SMILES string of the molecule is CCCOC(=O)c1ccccc1S(=O)(=O)NC(=O)Nc1nc(OC)nc(C(F)(F)F)n1. The fraction of sp³-hybridized carbons (Fsp3) is 0.312. The smallest absolute Gasteiger partial charge is 0.451 e. The molecule has 11 nitrogen and oxygen atoms in total. The lowest BCUT2D eigenvalue weighted by Gasteiger charge is -2.12. The summed E-state index contributed by atoms with van der Waals surface area (Å²) in [6.07, 6.45) is -4.48. The molecule has 2 rings (SSSR count). The molecule has 1 heterocycles. The molecule has 0 unspecified atom stereocenters. The molecule has 0 aliphatic rings. The van der Waals surface area contributed by atoms with Crippen LogP contribution in [-0.4, -0.2) is 49.1 Å². The summed E-state index contributed by atoms with van der Waals surface area (Å²) in [4.78, 5) is 33.0. The van der Waals surface area contributed by atoms with E-state index in [4.69, 9.17) is 4.74 Å². The summed E-state index contributed by atoms with van der Waals surface area (Å²) >= 11 is 0. The highest BCUT2D eigenvalue weighted by Gasteiger charge is 2.36. The molecule has 0 saturated heterocycles. The van der Waals surface area contributed by atoms with Crippen LogP contribution in [0, 0.1) is 0 Å². The highest BCUT2D eigenvalue weighted by atomic mass is 32.2. The predicted molar refractivity (Wildman–Crippen MR) is 97.7 cm³/mol. The third-order valence-corrected chi connectivity index (χ3v) is 4.73. The van der Waals surface area contributed by atoms with E-state index in [-0.39, 0.29) is 12.2 Å². The summed E-state index contributed by atoms with van der Waals surface area (Å²) in [5.41, 5.74) is -0.336. The quantitative estimate of drug-likeness (QED) is 0.588. The second-order valence-corrected chi connectivity index (χ2v) is 7.31. The number of benzene rings is 1. The maximum atomic E-state index is 12.8. The van der Waals surface area contributed by atoms with Gasteiger partial charge < -0.3 is 9.47 Å². The molecule has 1 aromatic heterocycles. The van der Waals surface area contributed by atoms with Crippen molar-refractivity contribution in [2.45, 2.75) is 24.4 Å². The molecule has 31 heavy (non-hydrogen) atoms. The Morgan fingerprint density at radius 2 is 1.81 bits per heavy atom. The van der Waals surface area contributed by atoms with Crippen molar-refractivity contribution in [1.29, 1.82) is 0 Å². The van der Waals surface area contributed by atoms with E-state index < -0.39 is 50.9 Å². The molecular weight excluding hydrogens is 447 g/mol. The number of alkyl halides is 3. The van der Waals surface area contributed by atoms with E-state index in [0.29, 0.717) is 6.42 Å². The minimum atomic E-state index is -4.98. The van der Waals surface area contributed by atoms with Crippen molar-refractivity contribution in [1.82, 2.24) is 19.7 Å². The first-order chi connectivity index (χ1) is 14.5. The summed E-state index contributed by atoms with van der Waals surface area (Å²) in [6, 6.07) is 2.66. The first-order valence-corrected chi connectivity index (χ1v) is 9.93. The van der Waals surface area contributed by atoms with Crippen molar-refractivity contribution in [3.8, 4) is 6.01 Å². The number of aromatic nitrogens is 3. The molecule has 2 N–H and O–H groups in total. The van der Waals surface area contributed by atoms with E-state index in [9.17, 15) is 31.2 Å². The maximum absolute atomic E-state index is 12.8. The van der Waals surface area contributed by atoms with Gasteiger partial charge in [-0.15, -0.1) is 0 Å². The molecular formula is C16H16F3N5O6S. The van der Waals surface area contributed by atoms with Gasteiger partial charge in [0.15, 0.2) is 0 Å². The summed E-state index contributed by atoms with van der Waals surface area (Å²) in [6.45, 7) is 1.78. The van der Waals surface area contributed by atoms with E-state index in [1.165, 1.54) is 18.2 Å². The molecule has 0 spiro atoms. The van der Waals surface area contributed by atoms with Crippen molar-refractivity contribution in [3.05, 3.63) is 35.7 Å². The average molecular weight is 463 g/mol. The van der Waals surface area contributed by atoms with Crippen molar-refractivity contribution in [2.75, 3.05) is 19.0 Å². The Labute approximate surface area is 174 Å². The van der Waals surface area contributed by atoms with Crippen LogP contribution in [0.5, 0.6) is 6.01 Å². The molecule has 0 radical (unpaired) electrons. The Morgan fingerprint density at radius 1 is 1.13 bits per heavy atom. The highest BCUT2D eigenvalue weighted by Crippen LogP contribution is 2.27. The van der Waals surface area contributed by atoms with Gasteiger partial charge in [-0.25, -0.2) is 22.7 Å². The van der Waals surface area contributed by atoms with Crippen molar-refractivity contribution in [2.24, 2.45) is 0 Å². The van der Waals surface area contributed by atoms with E-state index >= 15 is 0 Å². The number of carbonyl (C=O) groups is 2. The molecule has 0 bridgehead atoms. The van der Waals surface area contributed by atoms with Gasteiger partial charge in [-0.05, 0) is 18.6 Å². The van der Waals surface area contributed by atoms with Crippen LogP contribution in [0.2, 0.25) is 0 Å². The van der Waals surface area contributed by atoms with Gasteiger partial charge >= 0.3 is 24.2 Å². The maximum Gasteiger partial charge on any atom is 0.451 e. The highest BCUT2D eigenvalue weighted by molar-refractivity contribution is 7.90. The van der Waals surface area contributed by atoms with Crippen LogP contribution in [0.15, 0.2) is 29.2 Å². The molecule has 2 aromatic rings. The first-order valence-electron chi connectivity index (χ1n) is 8.45. The standard InChI is InChI=1S/C16H16F3N5O6S/c1-3-8-30-11(25)9-6-4-5-7-10(9)31(27,28)24-14(26)22-13-20-12(16(17,18)19)21-15(23-13)29-2/h4-7H,3,8H2,1-2H3,(H2,20,21,22,23,24,26). The number of carbonyl (C=O) groups excluding carboxylic acids is 2. The van der Waals surface area contributed by atoms with Crippen molar-refractivity contribution < 1.29 is 40.7 Å². The third kappa shape index (κ3) is 6.24. The topological polar surface area (TPSA) is 149 Å². The Hall–Kier alpha value is -3.49. The number of hydrogen-bond donors (Lipinski definition) is 2. The number of amides is 2. The monoisotopic (exact) mass is 463 g/mol. The van der Waals surface area contributed by atoms with Crippen LogP contribution in [-0.2, 0) is 20.9 Å². The molecule has 0 fully saturated rings. The van der Waals surface area contributed by atoms with Crippen molar-refractivity contribution >= 4 is 28.0 Å². The Kier molecular flexibility index (Phi) is 7.32. The van der Waals surface area contributed by atoms with E-state index in [2.05, 4.69) is 19.7 Å². The molecule has 1 aromatic carbocycles. The van der Waals surface area contributed by atoms with Gasteiger partial charge in [0.1, 0.15) is 4.90 Å². The van der Waals surface area contributed by atoms with E-state index in [0.717, 1.165) is 13.2 Å². The van der Waals surface area contributed by atoms with Crippen LogP contribution >= 0.6 is 0 Å². The molecule has 0 aliphatic carbocycles. The zero-order valence-electron chi connectivity index (χ0n) is 16.1. The minimum absolute atomic E-state index is 0.0455. The zero-order chi connectivity index (χ0) is 23.2. The number of halogens is 3. The number of urea groups is 1. The largest absolute Gasteiger partial charge is 0.467 e. The fourth-order valence-corrected chi connectivity index (χ4v) is 3.18. The zero-order valence-corrected chi connectivity index (χ0v) is 16.9. The fourth-order valence-electron chi connectivity index (χ4n) is 2.08. The molecule has 168 valence electrons. The third-order valence-electron chi connectivity index (χ3n) is 3.34. The molecule has 2 amide bonds. The summed E-state index contributed by atoms with van der Waals surface area (Å²) in [5, 5.41) is 1.75. The van der Waals surface area contributed by atoms with Gasteiger partial charge in [-0.2, -0.15) is 28.1 Å². The Bertz CT molecular complexity index is 1080. The van der Waals surface area contributed by atoms with Gasteiger partial charge in [0, 0.05) is 0 Å². The summed E-state index contributed by atoms with van der Waals surface area (Å²) < 4.78 is 74.6. The van der Waals surface area contributed by atoms with Crippen LogP contribution in [0.3, 0.4) is 0 Å². The lowest BCUT2D eigenvalue weighted by molar-refractivity contribution is -0.145. The molecule has 0 aliphatic heterocycles.